The van der Waals surface area contributed by atoms with Gasteiger partial charge >= 0.3 is 0 Å². The van der Waals surface area contributed by atoms with Crippen LogP contribution in [0.3, 0.4) is 0 Å². The Bertz CT molecular complexity index is 542. The van der Waals surface area contributed by atoms with Crippen LogP contribution in [-0.4, -0.2) is 23.9 Å². The van der Waals surface area contributed by atoms with Gasteiger partial charge in [-0.15, -0.1) is 0 Å². The highest BCUT2D eigenvalue weighted by Gasteiger charge is 2.24. The van der Waals surface area contributed by atoms with Crippen LogP contribution in [0.25, 0.3) is 0 Å². The second kappa shape index (κ2) is 4.86. The van der Waals surface area contributed by atoms with Gasteiger partial charge in [-0.2, -0.15) is 5.10 Å². The number of rotatable bonds is 4. The zero-order valence-electron chi connectivity index (χ0n) is 11.4. The van der Waals surface area contributed by atoms with E-state index >= 15 is 0 Å². The Kier molecular flexibility index (Phi) is 3.43. The molecule has 1 atom stereocenters. The first-order chi connectivity index (χ1) is 8.58. The van der Waals surface area contributed by atoms with Crippen molar-refractivity contribution in [1.29, 1.82) is 0 Å². The number of methoxy groups -OCH3 is 1. The molecule has 1 N–H and O–H groups in total. The molecule has 0 radical (unpaired) electrons. The van der Waals surface area contributed by atoms with Crippen molar-refractivity contribution in [1.82, 2.24) is 15.1 Å². The molecule has 2 aromatic rings. The van der Waals surface area contributed by atoms with Gasteiger partial charge in [0.2, 0.25) is 0 Å². The molecule has 0 fully saturated rings. The Balaban J connectivity index is 2.51. The van der Waals surface area contributed by atoms with Crippen molar-refractivity contribution in [3.05, 3.63) is 35.0 Å². The van der Waals surface area contributed by atoms with Crippen LogP contribution in [0.2, 0.25) is 0 Å². The summed E-state index contributed by atoms with van der Waals surface area (Å²) in [6.45, 7) is 3.92. The summed E-state index contributed by atoms with van der Waals surface area (Å²) in [6, 6.07) is 2.05. The second-order valence-corrected chi connectivity index (χ2v) is 4.31. The lowest BCUT2D eigenvalue weighted by Crippen LogP contribution is -2.21. The van der Waals surface area contributed by atoms with Gasteiger partial charge in [0, 0.05) is 12.6 Å². The van der Waals surface area contributed by atoms with Gasteiger partial charge in [0.05, 0.1) is 19.3 Å². The maximum absolute atomic E-state index is 5.60. The Morgan fingerprint density at radius 1 is 1.44 bits per heavy atom. The fourth-order valence-electron chi connectivity index (χ4n) is 2.29. The van der Waals surface area contributed by atoms with E-state index in [1.165, 1.54) is 0 Å². The van der Waals surface area contributed by atoms with Crippen LogP contribution in [-0.2, 0) is 7.05 Å². The van der Waals surface area contributed by atoms with E-state index in [1.54, 1.807) is 13.3 Å². The molecule has 2 heterocycles. The van der Waals surface area contributed by atoms with E-state index < -0.39 is 0 Å². The molecule has 1 unspecified atom stereocenters. The summed E-state index contributed by atoms with van der Waals surface area (Å²) in [4.78, 5) is 0. The number of aryl methyl sites for hydroxylation is 3. The molecular formula is C13H19N3O2. The molecule has 0 spiro atoms. The van der Waals surface area contributed by atoms with Crippen LogP contribution < -0.4 is 10.1 Å². The lowest BCUT2D eigenvalue weighted by molar-refractivity contribution is 0.402. The Hall–Kier alpha value is -1.75. The van der Waals surface area contributed by atoms with E-state index in [0.29, 0.717) is 0 Å². The number of hydrogen-bond acceptors (Lipinski definition) is 4. The van der Waals surface area contributed by atoms with Gasteiger partial charge < -0.3 is 14.5 Å². The van der Waals surface area contributed by atoms with Crippen LogP contribution in [0.4, 0.5) is 0 Å². The molecule has 5 heteroatoms. The van der Waals surface area contributed by atoms with Crippen LogP contribution >= 0.6 is 0 Å². The SMILES string of the molecule is CNC(c1cc(C)oc1C)c1c(OC)cnn1C. The quantitative estimate of drug-likeness (QED) is 0.899. The molecule has 5 nitrogen and oxygen atoms in total. The summed E-state index contributed by atoms with van der Waals surface area (Å²) in [5, 5.41) is 7.53. The van der Waals surface area contributed by atoms with Crippen molar-refractivity contribution >= 4 is 0 Å². The lowest BCUT2D eigenvalue weighted by atomic mass is 10.0. The molecule has 0 saturated heterocycles. The average Bonchev–Trinajstić information content (AvgIpc) is 2.85. The molecule has 0 saturated carbocycles. The smallest absolute Gasteiger partial charge is 0.161 e. The zero-order valence-corrected chi connectivity index (χ0v) is 11.4. The maximum atomic E-state index is 5.60. The molecule has 2 aromatic heterocycles. The van der Waals surface area contributed by atoms with Gasteiger partial charge in [-0.25, -0.2) is 0 Å². The van der Waals surface area contributed by atoms with Gasteiger partial charge in [-0.1, -0.05) is 0 Å². The number of hydrogen-bond donors (Lipinski definition) is 1. The van der Waals surface area contributed by atoms with E-state index in [-0.39, 0.29) is 6.04 Å². The van der Waals surface area contributed by atoms with Crippen molar-refractivity contribution in [3.63, 3.8) is 0 Å². The lowest BCUT2D eigenvalue weighted by Gasteiger charge is -2.17. The minimum atomic E-state index is 0.00454. The summed E-state index contributed by atoms with van der Waals surface area (Å²) < 4.78 is 12.8. The third-order valence-electron chi connectivity index (χ3n) is 3.12. The molecule has 0 aliphatic heterocycles. The van der Waals surface area contributed by atoms with Crippen LogP contribution in [0, 0.1) is 13.8 Å². The predicted molar refractivity (Wildman–Crippen MR) is 68.8 cm³/mol. The zero-order chi connectivity index (χ0) is 13.3. The van der Waals surface area contributed by atoms with E-state index in [4.69, 9.17) is 9.15 Å². The minimum Gasteiger partial charge on any atom is -0.493 e. The number of nitrogens with zero attached hydrogens (tertiary/aromatic N) is 2. The van der Waals surface area contributed by atoms with Crippen LogP contribution in [0.15, 0.2) is 16.7 Å². The highest BCUT2D eigenvalue weighted by atomic mass is 16.5. The van der Waals surface area contributed by atoms with Crippen molar-refractivity contribution in [2.45, 2.75) is 19.9 Å². The van der Waals surface area contributed by atoms with E-state index in [2.05, 4.69) is 10.4 Å². The van der Waals surface area contributed by atoms with Crippen molar-refractivity contribution in [3.8, 4) is 5.75 Å². The fraction of sp³-hybridized carbons (Fsp3) is 0.462. The van der Waals surface area contributed by atoms with Gasteiger partial charge in [0.25, 0.3) is 0 Å². The summed E-state index contributed by atoms with van der Waals surface area (Å²) in [7, 11) is 5.48. The molecule has 0 aliphatic carbocycles. The Morgan fingerprint density at radius 2 is 2.17 bits per heavy atom. The fourth-order valence-corrected chi connectivity index (χ4v) is 2.29. The van der Waals surface area contributed by atoms with Crippen molar-refractivity contribution < 1.29 is 9.15 Å². The Labute approximate surface area is 107 Å². The molecule has 0 bridgehead atoms. The predicted octanol–water partition coefficient (Wildman–Crippen LogP) is 1.95. The molecule has 0 amide bonds. The first-order valence-electron chi connectivity index (χ1n) is 5.88. The molecule has 98 valence electrons. The molecule has 18 heavy (non-hydrogen) atoms. The molecule has 0 aliphatic rings. The highest BCUT2D eigenvalue weighted by Crippen LogP contribution is 2.32. The second-order valence-electron chi connectivity index (χ2n) is 4.31. The van der Waals surface area contributed by atoms with Gasteiger partial charge in [0.1, 0.15) is 17.2 Å². The summed E-state index contributed by atoms with van der Waals surface area (Å²) in [5.74, 6) is 2.59. The molecule has 0 aromatic carbocycles. The third-order valence-corrected chi connectivity index (χ3v) is 3.12. The molecule has 2 rings (SSSR count). The summed E-state index contributed by atoms with van der Waals surface area (Å²) in [5.41, 5.74) is 2.10. The number of ether oxygens (including phenoxy) is 1. The number of nitrogens with one attached hydrogen (secondary N) is 1. The van der Waals surface area contributed by atoms with E-state index in [0.717, 1.165) is 28.5 Å². The normalized spacial score (nSPS) is 12.7. The minimum absolute atomic E-state index is 0.00454. The van der Waals surface area contributed by atoms with Gasteiger partial charge in [-0.3, -0.25) is 4.68 Å². The summed E-state index contributed by atoms with van der Waals surface area (Å²) >= 11 is 0. The summed E-state index contributed by atoms with van der Waals surface area (Å²) in [6.07, 6.45) is 1.72. The molecular weight excluding hydrogens is 230 g/mol. The number of furan rings is 1. The standard InChI is InChI=1S/C13H19N3O2/c1-8-6-10(9(2)18-8)12(14-3)13-11(17-5)7-15-16(13)4/h6-7,12,14H,1-5H3. The monoisotopic (exact) mass is 249 g/mol. The van der Waals surface area contributed by atoms with Crippen molar-refractivity contribution in [2.75, 3.05) is 14.2 Å². The first kappa shape index (κ1) is 12.7. The average molecular weight is 249 g/mol. The highest BCUT2D eigenvalue weighted by molar-refractivity contribution is 5.38. The largest absolute Gasteiger partial charge is 0.493 e. The maximum Gasteiger partial charge on any atom is 0.161 e. The van der Waals surface area contributed by atoms with Gasteiger partial charge in [0.15, 0.2) is 5.75 Å². The van der Waals surface area contributed by atoms with Crippen LogP contribution in [0.1, 0.15) is 28.8 Å². The third kappa shape index (κ3) is 2.01. The Morgan fingerprint density at radius 3 is 2.67 bits per heavy atom. The van der Waals surface area contributed by atoms with Gasteiger partial charge in [-0.05, 0) is 27.0 Å². The topological polar surface area (TPSA) is 52.2 Å². The van der Waals surface area contributed by atoms with E-state index in [9.17, 15) is 0 Å². The van der Waals surface area contributed by atoms with Crippen molar-refractivity contribution in [2.24, 2.45) is 7.05 Å². The van der Waals surface area contributed by atoms with E-state index in [1.807, 2.05) is 38.7 Å². The first-order valence-corrected chi connectivity index (χ1v) is 5.88. The number of aromatic nitrogens is 2. The van der Waals surface area contributed by atoms with Crippen LogP contribution in [0.5, 0.6) is 5.75 Å².